The predicted molar refractivity (Wildman–Crippen MR) is 93.2 cm³/mol. The standard InChI is InChI=1S/C18H24N6/c1-12-13(2)22-17(21-12)11-24-8-6-15-14(10-24)9-20-18(23-15)16-5-3-4-7-19-16/h9H,3-8,10-11H2,1-2H3,(H,21,22). The zero-order valence-corrected chi connectivity index (χ0v) is 14.5. The molecule has 0 radical (unpaired) electrons. The molecule has 0 amide bonds. The third-order valence-electron chi connectivity index (χ3n) is 4.95. The van der Waals surface area contributed by atoms with Gasteiger partial charge in [0.05, 0.1) is 23.6 Å². The molecule has 2 aromatic heterocycles. The van der Waals surface area contributed by atoms with Crippen molar-refractivity contribution in [2.45, 2.75) is 52.6 Å². The smallest absolute Gasteiger partial charge is 0.173 e. The van der Waals surface area contributed by atoms with Crippen molar-refractivity contribution in [2.24, 2.45) is 4.99 Å². The van der Waals surface area contributed by atoms with Crippen molar-refractivity contribution in [3.8, 4) is 0 Å². The molecule has 2 aliphatic rings. The van der Waals surface area contributed by atoms with E-state index in [1.165, 1.54) is 24.1 Å². The summed E-state index contributed by atoms with van der Waals surface area (Å²) in [6.45, 7) is 7.79. The van der Waals surface area contributed by atoms with E-state index in [4.69, 9.17) is 4.98 Å². The van der Waals surface area contributed by atoms with Gasteiger partial charge in [-0.3, -0.25) is 9.89 Å². The van der Waals surface area contributed by atoms with Crippen molar-refractivity contribution in [3.05, 3.63) is 40.5 Å². The quantitative estimate of drug-likeness (QED) is 0.941. The number of imidazole rings is 1. The summed E-state index contributed by atoms with van der Waals surface area (Å²) in [6, 6.07) is 0. The maximum atomic E-state index is 4.80. The van der Waals surface area contributed by atoms with E-state index in [1.807, 2.05) is 13.1 Å². The highest BCUT2D eigenvalue weighted by molar-refractivity contribution is 5.97. The Hall–Kier alpha value is -2.08. The number of fused-ring (bicyclic) bond motifs is 1. The molecule has 1 N–H and O–H groups in total. The molecule has 2 aromatic rings. The minimum Gasteiger partial charge on any atom is -0.345 e. The fourth-order valence-electron chi connectivity index (χ4n) is 3.44. The highest BCUT2D eigenvalue weighted by Crippen LogP contribution is 2.19. The van der Waals surface area contributed by atoms with Crippen LogP contribution in [0.15, 0.2) is 11.2 Å². The van der Waals surface area contributed by atoms with Crippen LogP contribution in [-0.4, -0.2) is 43.6 Å². The fraction of sp³-hybridized carbons (Fsp3) is 0.556. The first-order valence-electron chi connectivity index (χ1n) is 8.82. The lowest BCUT2D eigenvalue weighted by Gasteiger charge is -2.27. The lowest BCUT2D eigenvalue weighted by Crippen LogP contribution is -2.31. The van der Waals surface area contributed by atoms with Gasteiger partial charge in [-0.2, -0.15) is 0 Å². The van der Waals surface area contributed by atoms with E-state index in [2.05, 4.69) is 31.8 Å². The van der Waals surface area contributed by atoms with Crippen molar-refractivity contribution in [1.29, 1.82) is 0 Å². The highest BCUT2D eigenvalue weighted by atomic mass is 15.2. The molecule has 0 atom stereocenters. The molecule has 0 saturated carbocycles. The van der Waals surface area contributed by atoms with Crippen LogP contribution in [0.3, 0.4) is 0 Å². The van der Waals surface area contributed by atoms with E-state index >= 15 is 0 Å². The Kier molecular flexibility index (Phi) is 4.14. The molecule has 0 saturated heterocycles. The number of nitrogens with one attached hydrogen (secondary N) is 1. The Labute approximate surface area is 142 Å². The van der Waals surface area contributed by atoms with Crippen molar-refractivity contribution in [1.82, 2.24) is 24.8 Å². The van der Waals surface area contributed by atoms with Crippen LogP contribution in [0.2, 0.25) is 0 Å². The van der Waals surface area contributed by atoms with Crippen LogP contribution >= 0.6 is 0 Å². The minimum absolute atomic E-state index is 0.846. The van der Waals surface area contributed by atoms with Crippen LogP contribution < -0.4 is 0 Å². The van der Waals surface area contributed by atoms with E-state index in [-0.39, 0.29) is 0 Å². The number of aliphatic imine (C=N–C) groups is 1. The van der Waals surface area contributed by atoms with Crippen molar-refractivity contribution in [2.75, 3.05) is 13.1 Å². The monoisotopic (exact) mass is 324 g/mol. The van der Waals surface area contributed by atoms with Crippen LogP contribution in [0.25, 0.3) is 0 Å². The van der Waals surface area contributed by atoms with Gasteiger partial charge in [-0.05, 0) is 33.1 Å². The lowest BCUT2D eigenvalue weighted by molar-refractivity contribution is 0.237. The molecule has 4 rings (SSSR count). The second-order valence-electron chi connectivity index (χ2n) is 6.81. The van der Waals surface area contributed by atoms with Crippen molar-refractivity contribution >= 4 is 5.71 Å². The SMILES string of the molecule is Cc1nc(CN2CCc3nc(C4=NCCCC4)ncc3C2)[nH]c1C. The summed E-state index contributed by atoms with van der Waals surface area (Å²) < 4.78 is 0. The van der Waals surface area contributed by atoms with Gasteiger partial charge in [-0.1, -0.05) is 0 Å². The summed E-state index contributed by atoms with van der Waals surface area (Å²) in [5.74, 6) is 1.89. The second kappa shape index (κ2) is 6.43. The third-order valence-corrected chi connectivity index (χ3v) is 4.95. The largest absolute Gasteiger partial charge is 0.345 e. The molecule has 6 heteroatoms. The molecule has 2 aliphatic heterocycles. The van der Waals surface area contributed by atoms with Crippen LogP contribution in [0.5, 0.6) is 0 Å². The van der Waals surface area contributed by atoms with Crippen LogP contribution in [0.4, 0.5) is 0 Å². The molecular weight excluding hydrogens is 300 g/mol. The molecule has 6 nitrogen and oxygen atoms in total. The Morgan fingerprint density at radius 2 is 2.08 bits per heavy atom. The molecule has 0 aromatic carbocycles. The Balaban J connectivity index is 1.48. The summed E-state index contributed by atoms with van der Waals surface area (Å²) in [5.41, 5.74) is 5.76. The normalized spacial score (nSPS) is 18.3. The number of rotatable bonds is 3. The van der Waals surface area contributed by atoms with Gasteiger partial charge in [0, 0.05) is 43.5 Å². The first-order valence-corrected chi connectivity index (χ1v) is 8.82. The molecule has 0 bridgehead atoms. The molecule has 0 unspecified atom stereocenters. The Morgan fingerprint density at radius 3 is 2.83 bits per heavy atom. The van der Waals surface area contributed by atoms with E-state index in [0.29, 0.717) is 0 Å². The molecule has 126 valence electrons. The van der Waals surface area contributed by atoms with Gasteiger partial charge in [0.2, 0.25) is 0 Å². The summed E-state index contributed by atoms with van der Waals surface area (Å²) in [4.78, 5) is 24.4. The molecular formula is C18H24N6. The third kappa shape index (κ3) is 3.11. The summed E-state index contributed by atoms with van der Waals surface area (Å²) in [7, 11) is 0. The molecule has 0 spiro atoms. The van der Waals surface area contributed by atoms with Crippen LogP contribution in [0, 0.1) is 13.8 Å². The van der Waals surface area contributed by atoms with E-state index < -0.39 is 0 Å². The van der Waals surface area contributed by atoms with E-state index in [0.717, 1.165) is 67.8 Å². The van der Waals surface area contributed by atoms with E-state index in [1.54, 1.807) is 0 Å². The maximum absolute atomic E-state index is 4.80. The van der Waals surface area contributed by atoms with Crippen LogP contribution in [0.1, 0.15) is 53.6 Å². The molecule has 0 fully saturated rings. The number of aromatic amines is 1. The number of H-pyrrole nitrogens is 1. The number of nitrogens with zero attached hydrogens (tertiary/aromatic N) is 5. The fourth-order valence-corrected chi connectivity index (χ4v) is 3.44. The van der Waals surface area contributed by atoms with Gasteiger partial charge < -0.3 is 4.98 Å². The highest BCUT2D eigenvalue weighted by Gasteiger charge is 2.21. The zero-order chi connectivity index (χ0) is 16.5. The number of aromatic nitrogens is 4. The van der Waals surface area contributed by atoms with Gasteiger partial charge in [0.15, 0.2) is 5.82 Å². The first-order chi connectivity index (χ1) is 11.7. The molecule has 4 heterocycles. The van der Waals surface area contributed by atoms with Gasteiger partial charge in [-0.15, -0.1) is 0 Å². The maximum Gasteiger partial charge on any atom is 0.173 e. The number of aryl methyl sites for hydroxylation is 2. The second-order valence-corrected chi connectivity index (χ2v) is 6.81. The number of hydrogen-bond acceptors (Lipinski definition) is 5. The summed E-state index contributed by atoms with van der Waals surface area (Å²) >= 11 is 0. The van der Waals surface area contributed by atoms with Gasteiger partial charge >= 0.3 is 0 Å². The van der Waals surface area contributed by atoms with Gasteiger partial charge in [-0.25, -0.2) is 15.0 Å². The average Bonchev–Trinajstić information content (AvgIpc) is 2.92. The predicted octanol–water partition coefficient (Wildman–Crippen LogP) is 2.35. The average molecular weight is 324 g/mol. The van der Waals surface area contributed by atoms with Gasteiger partial charge in [0.1, 0.15) is 5.82 Å². The first kappa shape index (κ1) is 15.4. The number of hydrogen-bond donors (Lipinski definition) is 1. The Morgan fingerprint density at radius 1 is 1.17 bits per heavy atom. The Bertz CT molecular complexity index is 756. The summed E-state index contributed by atoms with van der Waals surface area (Å²) in [6.07, 6.45) is 6.38. The topological polar surface area (TPSA) is 70.1 Å². The molecule has 24 heavy (non-hydrogen) atoms. The lowest BCUT2D eigenvalue weighted by atomic mass is 10.1. The summed E-state index contributed by atoms with van der Waals surface area (Å²) in [5, 5.41) is 0. The van der Waals surface area contributed by atoms with Crippen LogP contribution in [-0.2, 0) is 19.5 Å². The molecule has 0 aliphatic carbocycles. The van der Waals surface area contributed by atoms with Crippen molar-refractivity contribution in [3.63, 3.8) is 0 Å². The zero-order valence-electron chi connectivity index (χ0n) is 14.5. The van der Waals surface area contributed by atoms with Crippen molar-refractivity contribution < 1.29 is 0 Å². The minimum atomic E-state index is 0.846. The van der Waals surface area contributed by atoms with E-state index in [9.17, 15) is 0 Å². The van der Waals surface area contributed by atoms with Gasteiger partial charge in [0.25, 0.3) is 0 Å².